The quantitative estimate of drug-likeness (QED) is 0.577. The highest BCUT2D eigenvalue weighted by Gasteiger charge is 2.37. The summed E-state index contributed by atoms with van der Waals surface area (Å²) >= 11 is 0. The number of nitrogens with zero attached hydrogens (tertiary/aromatic N) is 3. The molecule has 2 aromatic carbocycles. The van der Waals surface area contributed by atoms with Crippen molar-refractivity contribution in [3.63, 3.8) is 0 Å². The summed E-state index contributed by atoms with van der Waals surface area (Å²) in [6.45, 7) is 2.72. The lowest BCUT2D eigenvalue weighted by Crippen LogP contribution is -2.49. The first kappa shape index (κ1) is 23.9. The maximum Gasteiger partial charge on any atom is 0.323 e. The van der Waals surface area contributed by atoms with Crippen LogP contribution >= 0.6 is 0 Å². The Morgan fingerprint density at radius 3 is 2.59 bits per heavy atom. The maximum atomic E-state index is 14.7. The smallest absolute Gasteiger partial charge is 0.323 e. The number of esters is 1. The normalized spacial score (nSPS) is 20.7. The Morgan fingerprint density at radius 1 is 1.12 bits per heavy atom. The average Bonchev–Trinajstić information content (AvgIpc) is 3.30. The SMILES string of the molecule is CCOC(=O)[C@H]1CCCCN1CC(=O)N1N=C(c2ccc(OC)cc2)C[C@H]1c1ccccc1F. The van der Waals surface area contributed by atoms with Crippen LogP contribution in [0.2, 0.25) is 0 Å². The van der Waals surface area contributed by atoms with Crippen LogP contribution in [0.15, 0.2) is 53.6 Å². The number of hydrogen-bond acceptors (Lipinski definition) is 6. The van der Waals surface area contributed by atoms with Gasteiger partial charge < -0.3 is 9.47 Å². The number of rotatable bonds is 7. The van der Waals surface area contributed by atoms with Crippen LogP contribution < -0.4 is 4.74 Å². The molecule has 8 heteroatoms. The molecule has 0 radical (unpaired) electrons. The summed E-state index contributed by atoms with van der Waals surface area (Å²) < 4.78 is 25.2. The minimum absolute atomic E-state index is 0.0217. The molecule has 0 bridgehead atoms. The van der Waals surface area contributed by atoms with Crippen molar-refractivity contribution in [3.05, 3.63) is 65.5 Å². The average molecular weight is 468 g/mol. The number of hydrogen-bond donors (Lipinski definition) is 0. The summed E-state index contributed by atoms with van der Waals surface area (Å²) in [5, 5.41) is 6.02. The molecule has 4 rings (SSSR count). The minimum Gasteiger partial charge on any atom is -0.497 e. The Hall–Kier alpha value is -3.26. The Kier molecular flexibility index (Phi) is 7.57. The summed E-state index contributed by atoms with van der Waals surface area (Å²) in [5.74, 6) is -0.229. The topological polar surface area (TPSA) is 71.4 Å². The number of carbonyl (C=O) groups excluding carboxylic acids is 2. The highest BCUT2D eigenvalue weighted by Crippen LogP contribution is 2.35. The van der Waals surface area contributed by atoms with Crippen LogP contribution in [0.5, 0.6) is 5.75 Å². The van der Waals surface area contributed by atoms with Crippen molar-refractivity contribution in [2.75, 3.05) is 26.8 Å². The van der Waals surface area contributed by atoms with Gasteiger partial charge in [-0.25, -0.2) is 9.40 Å². The van der Waals surface area contributed by atoms with Crippen LogP contribution in [0.4, 0.5) is 4.39 Å². The maximum absolute atomic E-state index is 14.7. The molecule has 7 nitrogen and oxygen atoms in total. The standard InChI is InChI=1S/C26H30FN3O4/c1-3-34-26(32)23-10-6-7-15-29(23)17-25(31)30-24(20-8-4-5-9-21(20)27)16-22(28-30)18-11-13-19(33-2)14-12-18/h4-5,8-9,11-14,23-24H,3,6-7,10,15-17H2,1-2H3/t23-,24+/m1/s1. The number of hydrazone groups is 1. The molecule has 1 saturated heterocycles. The lowest BCUT2D eigenvalue weighted by atomic mass is 9.97. The van der Waals surface area contributed by atoms with E-state index in [1.807, 2.05) is 29.2 Å². The van der Waals surface area contributed by atoms with Gasteiger partial charge >= 0.3 is 5.97 Å². The van der Waals surface area contributed by atoms with E-state index in [-0.39, 0.29) is 24.2 Å². The van der Waals surface area contributed by atoms with Crippen molar-refractivity contribution in [2.24, 2.45) is 5.10 Å². The number of ether oxygens (including phenoxy) is 2. The van der Waals surface area contributed by atoms with E-state index in [4.69, 9.17) is 9.47 Å². The second kappa shape index (κ2) is 10.8. The van der Waals surface area contributed by atoms with Gasteiger partial charge in [-0.2, -0.15) is 5.10 Å². The van der Waals surface area contributed by atoms with Gasteiger partial charge in [-0.3, -0.25) is 14.5 Å². The van der Waals surface area contributed by atoms with Crippen LogP contribution in [0.3, 0.4) is 0 Å². The van der Waals surface area contributed by atoms with E-state index in [1.165, 1.54) is 11.1 Å². The first-order chi connectivity index (χ1) is 16.5. The molecule has 0 spiro atoms. The van der Waals surface area contributed by atoms with Gasteiger partial charge in [0.25, 0.3) is 5.91 Å². The third-order valence-electron chi connectivity index (χ3n) is 6.36. The fourth-order valence-electron chi connectivity index (χ4n) is 4.62. The molecule has 0 unspecified atom stereocenters. The summed E-state index contributed by atoms with van der Waals surface area (Å²) in [6.07, 6.45) is 2.86. The van der Waals surface area contributed by atoms with Gasteiger partial charge in [-0.05, 0) is 62.2 Å². The molecular formula is C26H30FN3O4. The highest BCUT2D eigenvalue weighted by molar-refractivity contribution is 6.03. The molecule has 0 aliphatic carbocycles. The highest BCUT2D eigenvalue weighted by atomic mass is 19.1. The predicted molar refractivity (Wildman–Crippen MR) is 126 cm³/mol. The zero-order valence-electron chi connectivity index (χ0n) is 19.6. The molecule has 2 aliphatic rings. The molecule has 1 amide bonds. The van der Waals surface area contributed by atoms with Gasteiger partial charge in [0.2, 0.25) is 0 Å². The van der Waals surface area contributed by atoms with E-state index < -0.39 is 12.1 Å². The first-order valence-electron chi connectivity index (χ1n) is 11.7. The molecule has 2 heterocycles. The number of halogens is 1. The molecule has 180 valence electrons. The monoisotopic (exact) mass is 467 g/mol. The van der Waals surface area contributed by atoms with Gasteiger partial charge in [-0.1, -0.05) is 24.6 Å². The Balaban J connectivity index is 1.60. The lowest BCUT2D eigenvalue weighted by Gasteiger charge is -2.34. The molecule has 0 saturated carbocycles. The van der Waals surface area contributed by atoms with E-state index in [0.717, 1.165) is 24.2 Å². The van der Waals surface area contributed by atoms with Gasteiger partial charge in [0.1, 0.15) is 17.6 Å². The summed E-state index contributed by atoms with van der Waals surface area (Å²) in [7, 11) is 1.60. The largest absolute Gasteiger partial charge is 0.497 e. The zero-order valence-corrected chi connectivity index (χ0v) is 19.6. The minimum atomic E-state index is -0.559. The number of methoxy groups -OCH3 is 1. The van der Waals surface area contributed by atoms with Crippen LogP contribution in [-0.4, -0.2) is 60.3 Å². The Morgan fingerprint density at radius 2 is 1.88 bits per heavy atom. The van der Waals surface area contributed by atoms with Crippen molar-refractivity contribution in [1.29, 1.82) is 0 Å². The van der Waals surface area contributed by atoms with Crippen LogP contribution in [-0.2, 0) is 14.3 Å². The molecule has 34 heavy (non-hydrogen) atoms. The molecule has 2 aliphatic heterocycles. The third-order valence-corrected chi connectivity index (χ3v) is 6.36. The Labute approximate surface area is 199 Å². The fourth-order valence-corrected chi connectivity index (χ4v) is 4.62. The summed E-state index contributed by atoms with van der Waals surface area (Å²) in [4.78, 5) is 27.8. The first-order valence-corrected chi connectivity index (χ1v) is 11.7. The zero-order chi connectivity index (χ0) is 24.1. The van der Waals surface area contributed by atoms with Crippen molar-refractivity contribution in [1.82, 2.24) is 9.91 Å². The van der Waals surface area contributed by atoms with Crippen molar-refractivity contribution in [3.8, 4) is 5.75 Å². The molecule has 1 fully saturated rings. The van der Waals surface area contributed by atoms with Crippen LogP contribution in [0, 0.1) is 5.82 Å². The molecular weight excluding hydrogens is 437 g/mol. The second-order valence-corrected chi connectivity index (χ2v) is 8.49. The van der Waals surface area contributed by atoms with Crippen LogP contribution in [0.1, 0.15) is 49.8 Å². The van der Waals surface area contributed by atoms with Crippen molar-refractivity contribution >= 4 is 17.6 Å². The van der Waals surface area contributed by atoms with E-state index >= 15 is 0 Å². The third kappa shape index (κ3) is 5.12. The second-order valence-electron chi connectivity index (χ2n) is 8.49. The predicted octanol–water partition coefficient (Wildman–Crippen LogP) is 3.93. The summed E-state index contributed by atoms with van der Waals surface area (Å²) in [5.41, 5.74) is 1.97. The number of likely N-dealkylation sites (tertiary alicyclic amines) is 1. The number of amides is 1. The molecule has 2 aromatic rings. The van der Waals surface area contributed by atoms with Crippen LogP contribution in [0.25, 0.3) is 0 Å². The number of carbonyl (C=O) groups is 2. The van der Waals surface area contributed by atoms with Gasteiger partial charge in [0.05, 0.1) is 32.0 Å². The number of piperidine rings is 1. The van der Waals surface area contributed by atoms with E-state index in [1.54, 1.807) is 32.2 Å². The Bertz CT molecular complexity index is 1060. The molecule has 0 N–H and O–H groups in total. The van der Waals surface area contributed by atoms with Crippen molar-refractivity contribution in [2.45, 2.75) is 44.7 Å². The molecule has 2 atom stereocenters. The van der Waals surface area contributed by atoms with E-state index in [2.05, 4.69) is 5.10 Å². The van der Waals surface area contributed by atoms with Gasteiger partial charge in [0, 0.05) is 12.0 Å². The molecule has 0 aromatic heterocycles. The van der Waals surface area contributed by atoms with Gasteiger partial charge in [0.15, 0.2) is 0 Å². The van der Waals surface area contributed by atoms with E-state index in [9.17, 15) is 14.0 Å². The number of benzene rings is 2. The van der Waals surface area contributed by atoms with Gasteiger partial charge in [-0.15, -0.1) is 0 Å². The summed E-state index contributed by atoms with van der Waals surface area (Å²) in [6, 6.07) is 12.9. The fraction of sp³-hybridized carbons (Fsp3) is 0.423. The van der Waals surface area contributed by atoms with Crippen molar-refractivity contribution < 1.29 is 23.5 Å². The van der Waals surface area contributed by atoms with E-state index in [0.29, 0.717) is 37.3 Å². The lowest BCUT2D eigenvalue weighted by molar-refractivity contribution is -0.152.